The first-order valence-corrected chi connectivity index (χ1v) is 5.81. The Bertz CT molecular complexity index is 319. The minimum Gasteiger partial charge on any atom is -0.475 e. The van der Waals surface area contributed by atoms with Crippen LogP contribution in [-0.2, 0) is 4.74 Å². The summed E-state index contributed by atoms with van der Waals surface area (Å²) in [6, 6.07) is 1.78. The van der Waals surface area contributed by atoms with Crippen molar-refractivity contribution in [2.24, 2.45) is 0 Å². The third-order valence-corrected chi connectivity index (χ3v) is 1.98. The summed E-state index contributed by atoms with van der Waals surface area (Å²) in [6.07, 6.45) is -0.436. The summed E-state index contributed by atoms with van der Waals surface area (Å²) in [7, 11) is 0. The van der Waals surface area contributed by atoms with Crippen molar-refractivity contribution >= 4 is 17.6 Å². The summed E-state index contributed by atoms with van der Waals surface area (Å²) in [5.41, 5.74) is -0.472. The largest absolute Gasteiger partial charge is 0.475 e. The molecular formula is C10H16N2O3S. The van der Waals surface area contributed by atoms with Crippen molar-refractivity contribution in [2.75, 3.05) is 13.2 Å². The lowest BCUT2D eigenvalue weighted by molar-refractivity contribution is 0.0520. The van der Waals surface area contributed by atoms with Gasteiger partial charge in [0.1, 0.15) is 12.2 Å². The van der Waals surface area contributed by atoms with Gasteiger partial charge in [-0.2, -0.15) is 4.37 Å². The highest BCUT2D eigenvalue weighted by Crippen LogP contribution is 2.08. The maximum atomic E-state index is 11.2. The van der Waals surface area contributed by atoms with Crippen LogP contribution in [0.15, 0.2) is 11.4 Å². The van der Waals surface area contributed by atoms with E-state index in [2.05, 4.69) is 9.69 Å². The lowest BCUT2D eigenvalue weighted by atomic mass is 10.2. The Hall–Kier alpha value is -1.30. The minimum atomic E-state index is -0.472. The lowest BCUT2D eigenvalue weighted by Crippen LogP contribution is -2.34. The highest BCUT2D eigenvalue weighted by molar-refractivity contribution is 7.03. The van der Waals surface area contributed by atoms with Gasteiger partial charge in [-0.1, -0.05) is 0 Å². The molecule has 0 aromatic carbocycles. The molecule has 0 saturated carbocycles. The lowest BCUT2D eigenvalue weighted by Gasteiger charge is -2.19. The number of aromatic nitrogens is 1. The topological polar surface area (TPSA) is 60.5 Å². The number of ether oxygens (including phenoxy) is 2. The fraction of sp³-hybridized carbons (Fsp3) is 0.600. The van der Waals surface area contributed by atoms with Crippen molar-refractivity contribution in [1.82, 2.24) is 9.69 Å². The third-order valence-electron chi connectivity index (χ3n) is 1.43. The third kappa shape index (κ3) is 5.55. The van der Waals surface area contributed by atoms with Crippen LogP contribution in [0.2, 0.25) is 0 Å². The summed E-state index contributed by atoms with van der Waals surface area (Å²) < 4.78 is 14.3. The Morgan fingerprint density at radius 1 is 1.56 bits per heavy atom. The van der Waals surface area contributed by atoms with Crippen LogP contribution in [0.25, 0.3) is 0 Å². The SMILES string of the molecule is CC(C)(C)OC(=O)NCCOc1ccsn1. The predicted molar refractivity (Wildman–Crippen MR) is 61.8 cm³/mol. The second kappa shape index (κ2) is 5.69. The Morgan fingerprint density at radius 3 is 2.88 bits per heavy atom. The molecule has 90 valence electrons. The molecule has 1 amide bonds. The maximum Gasteiger partial charge on any atom is 0.407 e. The van der Waals surface area contributed by atoms with Gasteiger partial charge in [0.2, 0.25) is 5.88 Å². The molecule has 0 unspecified atom stereocenters. The van der Waals surface area contributed by atoms with Gasteiger partial charge in [0.05, 0.1) is 6.54 Å². The number of hydrogen-bond acceptors (Lipinski definition) is 5. The number of rotatable bonds is 4. The quantitative estimate of drug-likeness (QED) is 0.823. The van der Waals surface area contributed by atoms with E-state index in [4.69, 9.17) is 9.47 Å². The van der Waals surface area contributed by atoms with E-state index in [-0.39, 0.29) is 0 Å². The van der Waals surface area contributed by atoms with Gasteiger partial charge in [0.15, 0.2) is 0 Å². The summed E-state index contributed by atoms with van der Waals surface area (Å²) in [5, 5.41) is 4.42. The van der Waals surface area contributed by atoms with Crippen molar-refractivity contribution in [3.05, 3.63) is 11.4 Å². The van der Waals surface area contributed by atoms with E-state index in [1.165, 1.54) is 11.5 Å². The number of carbonyl (C=O) groups is 1. The second-order valence-electron chi connectivity index (χ2n) is 4.11. The van der Waals surface area contributed by atoms with E-state index < -0.39 is 11.7 Å². The average molecular weight is 244 g/mol. The van der Waals surface area contributed by atoms with Crippen LogP contribution in [0.3, 0.4) is 0 Å². The molecule has 0 fully saturated rings. The number of amides is 1. The molecule has 0 bridgehead atoms. The molecule has 5 nitrogen and oxygen atoms in total. The monoisotopic (exact) mass is 244 g/mol. The van der Waals surface area contributed by atoms with Crippen molar-refractivity contribution in [1.29, 1.82) is 0 Å². The fourth-order valence-corrected chi connectivity index (χ4v) is 1.35. The van der Waals surface area contributed by atoms with Crippen LogP contribution in [0.5, 0.6) is 5.88 Å². The number of carbonyl (C=O) groups excluding carboxylic acids is 1. The molecular weight excluding hydrogens is 228 g/mol. The molecule has 0 atom stereocenters. The van der Waals surface area contributed by atoms with Crippen LogP contribution < -0.4 is 10.1 Å². The van der Waals surface area contributed by atoms with Crippen LogP contribution >= 0.6 is 11.5 Å². The van der Waals surface area contributed by atoms with Crippen molar-refractivity contribution < 1.29 is 14.3 Å². The first kappa shape index (κ1) is 12.8. The van der Waals surface area contributed by atoms with Crippen molar-refractivity contribution in [3.63, 3.8) is 0 Å². The van der Waals surface area contributed by atoms with E-state index in [0.29, 0.717) is 19.0 Å². The van der Waals surface area contributed by atoms with Gasteiger partial charge in [-0.05, 0) is 32.3 Å². The highest BCUT2D eigenvalue weighted by atomic mass is 32.1. The Balaban J connectivity index is 2.09. The van der Waals surface area contributed by atoms with Gasteiger partial charge in [-0.25, -0.2) is 4.79 Å². The van der Waals surface area contributed by atoms with Crippen LogP contribution in [0, 0.1) is 0 Å². The molecule has 0 saturated heterocycles. The van der Waals surface area contributed by atoms with Gasteiger partial charge >= 0.3 is 6.09 Å². The molecule has 1 aromatic heterocycles. The molecule has 0 aliphatic heterocycles. The average Bonchev–Trinajstić information content (AvgIpc) is 2.62. The predicted octanol–water partition coefficient (Wildman–Crippen LogP) is 2.05. The smallest absolute Gasteiger partial charge is 0.407 e. The zero-order chi connectivity index (χ0) is 12.0. The molecule has 1 aromatic rings. The fourth-order valence-electron chi connectivity index (χ4n) is 0.899. The van der Waals surface area contributed by atoms with Crippen LogP contribution in [0.4, 0.5) is 4.79 Å². The number of hydrogen-bond donors (Lipinski definition) is 1. The molecule has 0 aliphatic rings. The number of alkyl carbamates (subject to hydrolysis) is 1. The Morgan fingerprint density at radius 2 is 2.31 bits per heavy atom. The van der Waals surface area contributed by atoms with Gasteiger partial charge in [0, 0.05) is 11.4 Å². The highest BCUT2D eigenvalue weighted by Gasteiger charge is 2.15. The van der Waals surface area contributed by atoms with Gasteiger partial charge in [-0.3, -0.25) is 0 Å². The molecule has 16 heavy (non-hydrogen) atoms. The van der Waals surface area contributed by atoms with E-state index in [1.807, 2.05) is 26.2 Å². The standard InChI is InChI=1S/C10H16N2O3S/c1-10(2,3)15-9(13)11-5-6-14-8-4-7-16-12-8/h4,7H,5-6H2,1-3H3,(H,11,13). The molecule has 0 radical (unpaired) electrons. The van der Waals surface area contributed by atoms with Crippen LogP contribution in [-0.4, -0.2) is 29.2 Å². The number of nitrogens with zero attached hydrogens (tertiary/aromatic N) is 1. The van der Waals surface area contributed by atoms with E-state index in [9.17, 15) is 4.79 Å². The first-order chi connectivity index (χ1) is 7.47. The van der Waals surface area contributed by atoms with E-state index >= 15 is 0 Å². The molecule has 0 spiro atoms. The summed E-state index contributed by atoms with van der Waals surface area (Å²) in [4.78, 5) is 11.2. The van der Waals surface area contributed by atoms with Crippen molar-refractivity contribution in [3.8, 4) is 5.88 Å². The zero-order valence-corrected chi connectivity index (χ0v) is 10.5. The normalized spacial score (nSPS) is 10.9. The van der Waals surface area contributed by atoms with Gasteiger partial charge in [0.25, 0.3) is 0 Å². The van der Waals surface area contributed by atoms with Crippen molar-refractivity contribution in [2.45, 2.75) is 26.4 Å². The van der Waals surface area contributed by atoms with E-state index in [1.54, 1.807) is 6.07 Å². The molecule has 1 rings (SSSR count). The minimum absolute atomic E-state index is 0.378. The Labute approximate surface area is 98.9 Å². The molecule has 1 heterocycles. The maximum absolute atomic E-state index is 11.2. The molecule has 1 N–H and O–H groups in total. The van der Waals surface area contributed by atoms with Crippen LogP contribution in [0.1, 0.15) is 20.8 Å². The molecule has 0 aliphatic carbocycles. The second-order valence-corrected chi connectivity index (χ2v) is 4.78. The molecule has 6 heteroatoms. The summed E-state index contributed by atoms with van der Waals surface area (Å²) in [5.74, 6) is 0.580. The van der Waals surface area contributed by atoms with Gasteiger partial charge < -0.3 is 14.8 Å². The van der Waals surface area contributed by atoms with E-state index in [0.717, 1.165) is 0 Å². The summed E-state index contributed by atoms with van der Waals surface area (Å²) in [6.45, 7) is 6.23. The van der Waals surface area contributed by atoms with Gasteiger partial charge in [-0.15, -0.1) is 0 Å². The Kier molecular flexibility index (Phi) is 4.54. The number of nitrogens with one attached hydrogen (secondary N) is 1. The zero-order valence-electron chi connectivity index (χ0n) is 9.65. The summed E-state index contributed by atoms with van der Waals surface area (Å²) >= 11 is 1.32. The first-order valence-electron chi connectivity index (χ1n) is 4.97.